The second kappa shape index (κ2) is 8.23. The van der Waals surface area contributed by atoms with Crippen LogP contribution < -0.4 is 9.80 Å². The highest BCUT2D eigenvalue weighted by Crippen LogP contribution is 2.37. The van der Waals surface area contributed by atoms with Gasteiger partial charge < -0.3 is 4.90 Å². The summed E-state index contributed by atoms with van der Waals surface area (Å²) in [4.78, 5) is 30.6. The lowest BCUT2D eigenvalue weighted by Gasteiger charge is -2.25. The molecule has 1 heterocycles. The molecule has 0 radical (unpaired) electrons. The van der Waals surface area contributed by atoms with Crippen LogP contribution in [0.4, 0.5) is 11.4 Å². The summed E-state index contributed by atoms with van der Waals surface area (Å²) in [7, 11) is 0. The van der Waals surface area contributed by atoms with Crippen molar-refractivity contribution in [2.45, 2.75) is 27.7 Å². The number of nitrogens with zero attached hydrogens (tertiary/aromatic N) is 2. The van der Waals surface area contributed by atoms with Gasteiger partial charge in [-0.1, -0.05) is 54.1 Å². The van der Waals surface area contributed by atoms with E-state index in [1.165, 1.54) is 4.90 Å². The predicted molar refractivity (Wildman–Crippen MR) is 126 cm³/mol. The average Bonchev–Trinajstić information content (AvgIpc) is 3.02. The van der Waals surface area contributed by atoms with Gasteiger partial charge in [0.15, 0.2) is 0 Å². The van der Waals surface area contributed by atoms with E-state index in [0.717, 1.165) is 27.9 Å². The highest BCUT2D eigenvalue weighted by molar-refractivity contribution is 6.46. The zero-order valence-electron chi connectivity index (χ0n) is 18.3. The molecule has 0 fully saturated rings. The smallest absolute Gasteiger partial charge is 0.282 e. The summed E-state index contributed by atoms with van der Waals surface area (Å²) < 4.78 is 0. The third-order valence-electron chi connectivity index (χ3n) is 5.80. The van der Waals surface area contributed by atoms with Gasteiger partial charge in [-0.2, -0.15) is 0 Å². The molecular weight excluding hydrogens is 384 g/mol. The summed E-state index contributed by atoms with van der Waals surface area (Å²) in [5.41, 5.74) is 6.40. The second-order valence-corrected chi connectivity index (χ2v) is 7.88. The Bertz CT molecular complexity index is 1180. The summed E-state index contributed by atoms with van der Waals surface area (Å²) in [5.74, 6) is -0.589. The highest BCUT2D eigenvalue weighted by atomic mass is 16.2. The summed E-state index contributed by atoms with van der Waals surface area (Å²) >= 11 is 0. The van der Waals surface area contributed by atoms with Crippen LogP contribution in [-0.4, -0.2) is 18.4 Å². The van der Waals surface area contributed by atoms with E-state index in [1.807, 2.05) is 105 Å². The molecule has 0 saturated carbocycles. The molecule has 0 atom stereocenters. The minimum absolute atomic E-state index is 0.290. The Kier molecular flexibility index (Phi) is 5.47. The van der Waals surface area contributed by atoms with Gasteiger partial charge in [-0.05, 0) is 68.7 Å². The number of imide groups is 1. The van der Waals surface area contributed by atoms with Crippen molar-refractivity contribution in [3.8, 4) is 0 Å². The molecule has 4 rings (SSSR count). The first-order chi connectivity index (χ1) is 14.9. The van der Waals surface area contributed by atoms with E-state index in [9.17, 15) is 9.59 Å². The van der Waals surface area contributed by atoms with E-state index in [4.69, 9.17) is 0 Å². The second-order valence-electron chi connectivity index (χ2n) is 7.88. The number of hydrogen-bond acceptors (Lipinski definition) is 3. The molecule has 3 aromatic rings. The summed E-state index contributed by atoms with van der Waals surface area (Å²) in [6.45, 7) is 8.60. The molecular formula is C27H26N2O2. The molecule has 4 heteroatoms. The fourth-order valence-electron chi connectivity index (χ4n) is 3.93. The molecule has 1 aliphatic rings. The monoisotopic (exact) mass is 410 g/mol. The molecule has 4 nitrogen and oxygen atoms in total. The maximum Gasteiger partial charge on any atom is 0.282 e. The van der Waals surface area contributed by atoms with Crippen molar-refractivity contribution in [1.29, 1.82) is 0 Å². The summed E-state index contributed by atoms with van der Waals surface area (Å²) in [6.07, 6.45) is 0. The van der Waals surface area contributed by atoms with Crippen molar-refractivity contribution in [1.82, 2.24) is 0 Å². The Morgan fingerprint density at radius 1 is 0.774 bits per heavy atom. The fourth-order valence-corrected chi connectivity index (χ4v) is 3.93. The number of para-hydroxylation sites is 1. The van der Waals surface area contributed by atoms with Crippen LogP contribution in [0.5, 0.6) is 0 Å². The van der Waals surface area contributed by atoms with Crippen LogP contribution in [0, 0.1) is 20.8 Å². The number of carbonyl (C=O) groups is 2. The van der Waals surface area contributed by atoms with Gasteiger partial charge in [0, 0.05) is 12.2 Å². The fraction of sp³-hybridized carbons (Fsp3) is 0.185. The van der Waals surface area contributed by atoms with Crippen LogP contribution in [0.3, 0.4) is 0 Å². The number of amides is 2. The van der Waals surface area contributed by atoms with E-state index >= 15 is 0 Å². The van der Waals surface area contributed by atoms with Gasteiger partial charge in [0.05, 0.1) is 11.3 Å². The van der Waals surface area contributed by atoms with E-state index in [-0.39, 0.29) is 11.8 Å². The van der Waals surface area contributed by atoms with E-state index < -0.39 is 0 Å². The van der Waals surface area contributed by atoms with Crippen LogP contribution in [0.25, 0.3) is 5.57 Å². The Morgan fingerprint density at radius 2 is 1.45 bits per heavy atom. The van der Waals surface area contributed by atoms with Gasteiger partial charge >= 0.3 is 0 Å². The van der Waals surface area contributed by atoms with Crippen LogP contribution in [0.2, 0.25) is 0 Å². The van der Waals surface area contributed by atoms with Crippen LogP contribution >= 0.6 is 0 Å². The normalized spacial score (nSPS) is 13.9. The Balaban J connectivity index is 1.92. The van der Waals surface area contributed by atoms with E-state index in [2.05, 4.69) is 0 Å². The van der Waals surface area contributed by atoms with Crippen molar-refractivity contribution in [2.24, 2.45) is 0 Å². The quantitative estimate of drug-likeness (QED) is 0.527. The van der Waals surface area contributed by atoms with Gasteiger partial charge in [0.25, 0.3) is 11.8 Å². The van der Waals surface area contributed by atoms with Gasteiger partial charge in [-0.15, -0.1) is 0 Å². The number of aryl methyl sites for hydroxylation is 3. The first-order valence-electron chi connectivity index (χ1n) is 10.5. The molecule has 0 aliphatic carbocycles. The Morgan fingerprint density at radius 3 is 2.06 bits per heavy atom. The molecule has 2 amide bonds. The molecule has 0 aromatic heterocycles. The minimum Gasteiger partial charge on any atom is -0.337 e. The summed E-state index contributed by atoms with van der Waals surface area (Å²) in [5, 5.41) is 0. The standard InChI is InChI=1S/C27H26N2O2/c1-5-28(22-9-7-6-8-10-22)25-24(21-14-13-19(3)20(4)17-21)26(30)29(27(25)31)23-15-11-18(2)12-16-23/h6-17H,5H2,1-4H3. The lowest BCUT2D eigenvalue weighted by molar-refractivity contribution is -0.120. The third kappa shape index (κ3) is 3.66. The highest BCUT2D eigenvalue weighted by Gasteiger charge is 2.42. The van der Waals surface area contributed by atoms with E-state index in [0.29, 0.717) is 23.5 Å². The average molecular weight is 411 g/mol. The molecule has 1 aliphatic heterocycles. The molecule has 0 N–H and O–H groups in total. The molecule has 0 spiro atoms. The molecule has 156 valence electrons. The van der Waals surface area contributed by atoms with Crippen LogP contribution in [0.1, 0.15) is 29.2 Å². The lowest BCUT2D eigenvalue weighted by atomic mass is 9.99. The number of anilines is 2. The number of carbonyl (C=O) groups excluding carboxylic acids is 2. The number of likely N-dealkylation sites (N-methyl/N-ethyl adjacent to an activating group) is 1. The number of benzene rings is 3. The molecule has 31 heavy (non-hydrogen) atoms. The summed E-state index contributed by atoms with van der Waals surface area (Å²) in [6, 6.07) is 23.1. The molecule has 0 bridgehead atoms. The first kappa shape index (κ1) is 20.6. The van der Waals surface area contributed by atoms with Crippen molar-refractivity contribution < 1.29 is 9.59 Å². The maximum atomic E-state index is 13.7. The van der Waals surface area contributed by atoms with Gasteiger partial charge in [-0.3, -0.25) is 9.59 Å². The molecule has 0 unspecified atom stereocenters. The number of rotatable bonds is 5. The van der Waals surface area contributed by atoms with Crippen LogP contribution in [0.15, 0.2) is 78.5 Å². The minimum atomic E-state index is -0.298. The molecule has 3 aromatic carbocycles. The first-order valence-corrected chi connectivity index (χ1v) is 10.5. The molecule has 0 saturated heterocycles. The van der Waals surface area contributed by atoms with E-state index in [1.54, 1.807) is 0 Å². The van der Waals surface area contributed by atoms with Crippen LogP contribution in [-0.2, 0) is 9.59 Å². The topological polar surface area (TPSA) is 40.6 Å². The van der Waals surface area contributed by atoms with Gasteiger partial charge in [-0.25, -0.2) is 4.90 Å². The SMILES string of the molecule is CCN(C1=C(c2ccc(C)c(C)c2)C(=O)N(c2ccc(C)cc2)C1=O)c1ccccc1. The van der Waals surface area contributed by atoms with Crippen molar-refractivity contribution in [2.75, 3.05) is 16.3 Å². The lowest BCUT2D eigenvalue weighted by Crippen LogP contribution is -2.35. The zero-order valence-corrected chi connectivity index (χ0v) is 18.3. The largest absolute Gasteiger partial charge is 0.337 e. The number of hydrogen-bond donors (Lipinski definition) is 0. The third-order valence-corrected chi connectivity index (χ3v) is 5.80. The predicted octanol–water partition coefficient (Wildman–Crippen LogP) is 5.42. The van der Waals surface area contributed by atoms with Gasteiger partial charge in [0.2, 0.25) is 0 Å². The Hall–Kier alpha value is -3.66. The maximum absolute atomic E-state index is 13.7. The van der Waals surface area contributed by atoms with Crippen molar-refractivity contribution in [3.05, 3.63) is 101 Å². The Labute approximate surface area is 183 Å². The van der Waals surface area contributed by atoms with Crippen molar-refractivity contribution in [3.63, 3.8) is 0 Å². The van der Waals surface area contributed by atoms with Gasteiger partial charge in [0.1, 0.15) is 5.70 Å². The zero-order chi connectivity index (χ0) is 22.1. The van der Waals surface area contributed by atoms with Crippen molar-refractivity contribution >= 4 is 28.8 Å².